The molecule has 5 rings (SSSR count). The Morgan fingerprint density at radius 1 is 1.05 bits per heavy atom. The van der Waals surface area contributed by atoms with E-state index in [4.69, 9.17) is 4.74 Å². The van der Waals surface area contributed by atoms with Gasteiger partial charge in [-0.05, 0) is 41.8 Å². The number of aromatic nitrogens is 1. The summed E-state index contributed by atoms with van der Waals surface area (Å²) in [6.45, 7) is 2.87. The average molecular weight is 615 g/mol. The SMILES string of the molecule is COc1cccc(-c2c(C)c(Cc3c(F)cccc3C(F)(F)F)c3n(c2=O)C(C(NC(C)=O)c2ccccc2)CS3)c1F. The number of methoxy groups -OCH3 is 1. The summed E-state index contributed by atoms with van der Waals surface area (Å²) in [5.74, 6) is -2.07. The quantitative estimate of drug-likeness (QED) is 0.223. The first-order valence-electron chi connectivity index (χ1n) is 13.3. The van der Waals surface area contributed by atoms with Crippen LogP contribution in [0.3, 0.4) is 0 Å². The first kappa shape index (κ1) is 30.3. The second kappa shape index (κ2) is 11.9. The lowest BCUT2D eigenvalue weighted by Crippen LogP contribution is -2.37. The number of amides is 1. The molecule has 0 aliphatic carbocycles. The fourth-order valence-electron chi connectivity index (χ4n) is 5.62. The van der Waals surface area contributed by atoms with Crippen molar-refractivity contribution in [1.82, 2.24) is 9.88 Å². The third kappa shape index (κ3) is 5.65. The van der Waals surface area contributed by atoms with E-state index >= 15 is 8.78 Å². The lowest BCUT2D eigenvalue weighted by Gasteiger charge is -2.28. The Hall–Kier alpha value is -4.12. The molecule has 1 N–H and O–H groups in total. The van der Waals surface area contributed by atoms with Crippen molar-refractivity contribution in [1.29, 1.82) is 0 Å². The second-order valence-corrected chi connectivity index (χ2v) is 11.2. The summed E-state index contributed by atoms with van der Waals surface area (Å²) in [5.41, 5.74) is -1.30. The van der Waals surface area contributed by atoms with Gasteiger partial charge in [0.15, 0.2) is 11.6 Å². The van der Waals surface area contributed by atoms with Crippen molar-refractivity contribution >= 4 is 17.7 Å². The van der Waals surface area contributed by atoms with Crippen molar-refractivity contribution in [3.05, 3.63) is 117 Å². The molecule has 11 heteroatoms. The molecule has 0 saturated carbocycles. The number of pyridine rings is 1. The van der Waals surface area contributed by atoms with E-state index in [0.717, 1.165) is 18.2 Å². The van der Waals surface area contributed by atoms with Crippen LogP contribution in [0.5, 0.6) is 5.75 Å². The van der Waals surface area contributed by atoms with Crippen LogP contribution >= 0.6 is 11.8 Å². The van der Waals surface area contributed by atoms with E-state index < -0.39 is 53.0 Å². The number of nitrogens with zero attached hydrogens (tertiary/aromatic N) is 1. The highest BCUT2D eigenvalue weighted by Gasteiger charge is 2.39. The fourth-order valence-corrected chi connectivity index (χ4v) is 7.05. The van der Waals surface area contributed by atoms with Crippen molar-refractivity contribution in [2.24, 2.45) is 0 Å². The van der Waals surface area contributed by atoms with Gasteiger partial charge in [0.2, 0.25) is 5.91 Å². The maximum atomic E-state index is 15.7. The molecule has 0 radical (unpaired) electrons. The summed E-state index contributed by atoms with van der Waals surface area (Å²) in [6, 6.07) is 14.6. The van der Waals surface area contributed by atoms with E-state index in [1.165, 1.54) is 55.5 Å². The number of thioether (sulfide) groups is 1. The maximum absolute atomic E-state index is 15.7. The summed E-state index contributed by atoms with van der Waals surface area (Å²) in [5, 5.41) is 3.24. The van der Waals surface area contributed by atoms with E-state index in [0.29, 0.717) is 10.6 Å². The van der Waals surface area contributed by atoms with Gasteiger partial charge in [0.25, 0.3) is 5.56 Å². The molecule has 1 aliphatic rings. The maximum Gasteiger partial charge on any atom is 0.416 e. The molecule has 0 fully saturated rings. The third-order valence-electron chi connectivity index (χ3n) is 7.59. The number of hydrogen-bond acceptors (Lipinski definition) is 4. The minimum absolute atomic E-state index is 0.0813. The topological polar surface area (TPSA) is 60.3 Å². The second-order valence-electron chi connectivity index (χ2n) is 10.2. The number of halogens is 5. The molecule has 0 bridgehead atoms. The van der Waals surface area contributed by atoms with E-state index in [-0.39, 0.29) is 39.7 Å². The van der Waals surface area contributed by atoms with Crippen molar-refractivity contribution in [3.63, 3.8) is 0 Å². The Balaban J connectivity index is 1.81. The first-order chi connectivity index (χ1) is 20.4. The van der Waals surface area contributed by atoms with Crippen LogP contribution in [0.2, 0.25) is 0 Å². The van der Waals surface area contributed by atoms with E-state index in [9.17, 15) is 22.8 Å². The number of carbonyl (C=O) groups excluding carboxylic acids is 1. The van der Waals surface area contributed by atoms with Crippen LogP contribution in [0, 0.1) is 18.6 Å². The summed E-state index contributed by atoms with van der Waals surface area (Å²) >= 11 is 1.22. The van der Waals surface area contributed by atoms with Crippen LogP contribution in [0.25, 0.3) is 11.1 Å². The minimum atomic E-state index is -4.83. The molecule has 5 nitrogen and oxygen atoms in total. The molecule has 1 amide bonds. The number of hydrogen-bond donors (Lipinski definition) is 1. The molecule has 4 aromatic rings. The molecular weight excluding hydrogens is 587 g/mol. The zero-order chi connectivity index (χ0) is 31.1. The van der Waals surface area contributed by atoms with Crippen LogP contribution in [-0.2, 0) is 17.4 Å². The van der Waals surface area contributed by atoms with Gasteiger partial charge in [-0.2, -0.15) is 13.2 Å². The van der Waals surface area contributed by atoms with Gasteiger partial charge in [-0.15, -0.1) is 11.8 Å². The molecule has 3 aromatic carbocycles. The zero-order valence-corrected chi connectivity index (χ0v) is 24.2. The largest absolute Gasteiger partial charge is 0.494 e. The number of ether oxygens (including phenoxy) is 1. The van der Waals surface area contributed by atoms with Gasteiger partial charge in [-0.3, -0.25) is 14.2 Å². The van der Waals surface area contributed by atoms with Crippen LogP contribution in [0.1, 0.15) is 46.8 Å². The van der Waals surface area contributed by atoms with E-state index in [2.05, 4.69) is 5.32 Å². The first-order valence-corrected chi connectivity index (χ1v) is 14.3. The van der Waals surface area contributed by atoms with Crippen molar-refractivity contribution < 1.29 is 31.5 Å². The van der Waals surface area contributed by atoms with Gasteiger partial charge in [0.1, 0.15) is 5.82 Å². The highest BCUT2D eigenvalue weighted by atomic mass is 32.2. The van der Waals surface area contributed by atoms with Gasteiger partial charge in [-0.1, -0.05) is 48.5 Å². The normalized spacial score (nSPS) is 15.2. The molecule has 224 valence electrons. The van der Waals surface area contributed by atoms with E-state index in [1.54, 1.807) is 30.3 Å². The minimum Gasteiger partial charge on any atom is -0.494 e. The van der Waals surface area contributed by atoms with Gasteiger partial charge in [0, 0.05) is 30.2 Å². The lowest BCUT2D eigenvalue weighted by molar-refractivity contribution is -0.138. The van der Waals surface area contributed by atoms with Crippen molar-refractivity contribution in [2.75, 3.05) is 12.9 Å². The summed E-state index contributed by atoms with van der Waals surface area (Å²) < 4.78 is 79.3. The van der Waals surface area contributed by atoms with Gasteiger partial charge < -0.3 is 10.1 Å². The molecule has 1 aromatic heterocycles. The molecule has 0 saturated heterocycles. The molecule has 43 heavy (non-hydrogen) atoms. The smallest absolute Gasteiger partial charge is 0.416 e. The van der Waals surface area contributed by atoms with Crippen molar-refractivity contribution in [3.8, 4) is 16.9 Å². The standard InChI is InChI=1S/C32H27F5N2O3S/c1-17-21(15-22-23(32(35,36)37)12-8-13-24(22)33)31-39(30(41)27(17)20-11-7-14-26(42-3)28(20)34)25(16-43-31)29(38-18(2)40)19-9-5-4-6-10-19/h4-14,25,29H,15-16H2,1-3H3,(H,38,40). The van der Waals surface area contributed by atoms with Gasteiger partial charge in [0.05, 0.1) is 35.3 Å². The van der Waals surface area contributed by atoms with Gasteiger partial charge >= 0.3 is 6.18 Å². The molecule has 1 aliphatic heterocycles. The van der Waals surface area contributed by atoms with Crippen LogP contribution in [-0.4, -0.2) is 23.3 Å². The zero-order valence-electron chi connectivity index (χ0n) is 23.4. The molecule has 0 spiro atoms. The number of carbonyl (C=O) groups is 1. The highest BCUT2D eigenvalue weighted by molar-refractivity contribution is 7.99. The Morgan fingerprint density at radius 2 is 1.74 bits per heavy atom. The summed E-state index contributed by atoms with van der Waals surface area (Å²) in [4.78, 5) is 26.6. The number of fused-ring (bicyclic) bond motifs is 1. The predicted molar refractivity (Wildman–Crippen MR) is 154 cm³/mol. The van der Waals surface area contributed by atoms with Crippen LogP contribution in [0.15, 0.2) is 76.6 Å². The average Bonchev–Trinajstić information content (AvgIpc) is 3.40. The Kier molecular flexibility index (Phi) is 8.38. The number of benzene rings is 3. The Morgan fingerprint density at radius 3 is 2.40 bits per heavy atom. The molecular formula is C32H27F5N2O3S. The third-order valence-corrected chi connectivity index (χ3v) is 8.82. The highest BCUT2D eigenvalue weighted by Crippen LogP contribution is 2.45. The van der Waals surface area contributed by atoms with Crippen molar-refractivity contribution in [2.45, 2.75) is 43.6 Å². The fraction of sp³-hybridized carbons (Fsp3) is 0.250. The Bertz CT molecular complexity index is 1760. The van der Waals surface area contributed by atoms with Crippen LogP contribution < -0.4 is 15.6 Å². The Labute approximate surface area is 248 Å². The summed E-state index contributed by atoms with van der Waals surface area (Å²) in [6.07, 6.45) is -5.33. The monoisotopic (exact) mass is 614 g/mol. The number of rotatable bonds is 7. The lowest BCUT2D eigenvalue weighted by atomic mass is 9.91. The van der Waals surface area contributed by atoms with Crippen LogP contribution in [0.4, 0.5) is 22.0 Å². The van der Waals surface area contributed by atoms with E-state index in [1.807, 2.05) is 0 Å². The summed E-state index contributed by atoms with van der Waals surface area (Å²) in [7, 11) is 1.28. The molecule has 2 atom stereocenters. The molecule has 2 heterocycles. The number of nitrogens with one attached hydrogen (secondary N) is 1. The predicted octanol–water partition coefficient (Wildman–Crippen LogP) is 7.24. The number of alkyl halides is 3. The van der Waals surface area contributed by atoms with Gasteiger partial charge in [-0.25, -0.2) is 8.78 Å². The molecule has 2 unspecified atom stereocenters.